The van der Waals surface area contributed by atoms with E-state index in [0.717, 1.165) is 5.03 Å². The third-order valence-electron chi connectivity index (χ3n) is 1.65. The lowest BCUT2D eigenvalue weighted by Crippen LogP contribution is -2.21. The predicted octanol–water partition coefficient (Wildman–Crippen LogP) is 2.91. The second-order valence-corrected chi connectivity index (χ2v) is 4.39. The van der Waals surface area contributed by atoms with Crippen LogP contribution >= 0.6 is 23.4 Å². The molecule has 0 aliphatic heterocycles. The van der Waals surface area contributed by atoms with Crippen LogP contribution in [0, 0.1) is 0 Å². The molecule has 1 atom stereocenters. The topological polar surface area (TPSA) is 79.3 Å². The molecule has 11 heteroatoms. The third kappa shape index (κ3) is 8.35. The number of carboxylic acid groups (broad SMARTS) is 1. The van der Waals surface area contributed by atoms with Gasteiger partial charge in [0.2, 0.25) is 0 Å². The first-order valence-corrected chi connectivity index (χ1v) is 6.63. The molecule has 1 aromatic heterocycles. The molecule has 1 heterocycles. The first-order valence-electron chi connectivity index (χ1n) is 4.97. The maximum Gasteiger partial charge on any atom is 0.490 e. The highest BCUT2D eigenvalue weighted by Crippen LogP contribution is 2.14. The normalized spacial score (nSPS) is 11.9. The van der Waals surface area contributed by atoms with E-state index in [-0.39, 0.29) is 0 Å². The fourth-order valence-electron chi connectivity index (χ4n) is 0.772. The van der Waals surface area contributed by atoms with Crippen molar-refractivity contribution in [1.82, 2.24) is 4.98 Å². The van der Waals surface area contributed by atoms with E-state index in [4.69, 9.17) is 21.5 Å². The minimum Gasteiger partial charge on any atom is -0.475 e. The number of amides is 1. The van der Waals surface area contributed by atoms with Gasteiger partial charge in [-0.05, 0) is 18.4 Å². The minimum atomic E-state index is -5.08. The zero-order valence-electron chi connectivity index (χ0n) is 10.3. The number of pyridine rings is 1. The van der Waals surface area contributed by atoms with Gasteiger partial charge in [0.1, 0.15) is 0 Å². The van der Waals surface area contributed by atoms with Crippen LogP contribution in [0.5, 0.6) is 0 Å². The zero-order valence-corrected chi connectivity index (χ0v) is 11.9. The van der Waals surface area contributed by atoms with Crippen LogP contribution in [-0.4, -0.2) is 40.0 Å². The molecule has 0 fully saturated rings. The molecule has 0 radical (unpaired) electrons. The molecule has 1 amide bonds. The van der Waals surface area contributed by atoms with Crippen LogP contribution in [0.3, 0.4) is 0 Å². The number of alkyl halides is 5. The Kier molecular flexibility index (Phi) is 8.03. The molecule has 0 saturated heterocycles. The highest BCUT2D eigenvalue weighted by Gasteiger charge is 2.38. The van der Waals surface area contributed by atoms with Crippen LogP contribution in [0.25, 0.3) is 0 Å². The van der Waals surface area contributed by atoms with Gasteiger partial charge in [0.05, 0.1) is 16.9 Å². The summed E-state index contributed by atoms with van der Waals surface area (Å²) in [6.07, 6.45) is -1.75. The highest BCUT2D eigenvalue weighted by atomic mass is 35.5. The molecular weight excluding hydrogens is 340 g/mol. The van der Waals surface area contributed by atoms with Crippen molar-refractivity contribution in [2.24, 2.45) is 0 Å². The van der Waals surface area contributed by atoms with Gasteiger partial charge in [-0.3, -0.25) is 4.79 Å². The number of thioether (sulfide) groups is 1. The third-order valence-corrected chi connectivity index (χ3v) is 2.51. The van der Waals surface area contributed by atoms with E-state index < -0.39 is 23.7 Å². The predicted molar refractivity (Wildman–Crippen MR) is 69.1 cm³/mol. The molecule has 0 spiro atoms. The molecule has 1 unspecified atom stereocenters. The van der Waals surface area contributed by atoms with Crippen molar-refractivity contribution in [3.8, 4) is 0 Å². The van der Waals surface area contributed by atoms with Gasteiger partial charge in [-0.15, -0.1) is 11.8 Å². The largest absolute Gasteiger partial charge is 0.490 e. The number of nitrogens with one attached hydrogen (secondary N) is 1. The molecule has 0 aromatic carbocycles. The van der Waals surface area contributed by atoms with Crippen molar-refractivity contribution in [2.45, 2.75) is 16.8 Å². The highest BCUT2D eigenvalue weighted by molar-refractivity contribution is 7.98. The van der Waals surface area contributed by atoms with Crippen LogP contribution in [-0.2, 0) is 9.59 Å². The summed E-state index contributed by atoms with van der Waals surface area (Å²) < 4.78 is 44.0. The van der Waals surface area contributed by atoms with Gasteiger partial charge in [-0.25, -0.2) is 14.2 Å². The van der Waals surface area contributed by atoms with Crippen molar-refractivity contribution in [1.29, 1.82) is 0 Å². The minimum absolute atomic E-state index is 0.427. The van der Waals surface area contributed by atoms with Gasteiger partial charge < -0.3 is 10.4 Å². The van der Waals surface area contributed by atoms with Crippen molar-refractivity contribution in [2.75, 3.05) is 11.6 Å². The summed E-state index contributed by atoms with van der Waals surface area (Å²) in [5, 5.41) is 10.2. The van der Waals surface area contributed by atoms with E-state index in [1.54, 1.807) is 12.1 Å². The zero-order chi connectivity index (χ0) is 16.6. The quantitative estimate of drug-likeness (QED) is 0.499. The van der Waals surface area contributed by atoms with Crippen molar-refractivity contribution < 1.29 is 32.3 Å². The van der Waals surface area contributed by atoms with E-state index in [2.05, 4.69) is 10.3 Å². The number of rotatable bonds is 3. The molecule has 2 N–H and O–H groups in total. The van der Waals surface area contributed by atoms with Gasteiger partial charge in [0.25, 0.3) is 11.5 Å². The van der Waals surface area contributed by atoms with Crippen LogP contribution in [0.4, 0.5) is 23.2 Å². The number of hydrogen-bond acceptors (Lipinski definition) is 4. The fraction of sp³-hybridized carbons (Fsp3) is 0.300. The number of carboxylic acids is 1. The summed E-state index contributed by atoms with van der Waals surface area (Å²) in [6, 6.07) is 3.36. The van der Waals surface area contributed by atoms with Gasteiger partial charge in [-0.1, -0.05) is 11.6 Å². The fourth-order valence-corrected chi connectivity index (χ4v) is 1.19. The van der Waals surface area contributed by atoms with E-state index >= 15 is 0 Å². The number of anilines is 1. The Hall–Kier alpha value is -1.55. The Morgan fingerprint density at radius 1 is 1.43 bits per heavy atom. The molecular formula is C10H9ClF4N2O3S. The summed E-state index contributed by atoms with van der Waals surface area (Å²) in [7, 11) is 0. The number of nitrogens with zero attached hydrogens (tertiary/aromatic N) is 1. The summed E-state index contributed by atoms with van der Waals surface area (Å²) in [5.41, 5.74) is -1.61. The molecule has 0 bridgehead atoms. The van der Waals surface area contributed by atoms with Gasteiger partial charge in [0, 0.05) is 0 Å². The van der Waals surface area contributed by atoms with E-state index in [9.17, 15) is 22.4 Å². The second kappa shape index (κ2) is 8.67. The maximum atomic E-state index is 12.3. The average molecular weight is 349 g/mol. The number of aromatic nitrogens is 1. The van der Waals surface area contributed by atoms with Crippen LogP contribution in [0.1, 0.15) is 0 Å². The van der Waals surface area contributed by atoms with E-state index in [1.807, 2.05) is 6.26 Å². The molecule has 21 heavy (non-hydrogen) atoms. The maximum absolute atomic E-state index is 12.3. The van der Waals surface area contributed by atoms with Crippen molar-refractivity contribution in [3.05, 3.63) is 18.3 Å². The monoisotopic (exact) mass is 348 g/mol. The lowest BCUT2D eigenvalue weighted by Gasteiger charge is -2.04. The Balaban J connectivity index is 0.000000486. The number of hydrogen-bond donors (Lipinski definition) is 2. The molecule has 1 aromatic rings. The van der Waals surface area contributed by atoms with Gasteiger partial charge in [-0.2, -0.15) is 13.2 Å². The average Bonchev–Trinajstić information content (AvgIpc) is 2.39. The Morgan fingerprint density at radius 2 is 1.95 bits per heavy atom. The Labute approximate surface area is 125 Å². The smallest absolute Gasteiger partial charge is 0.475 e. The number of halogens is 5. The first-order chi connectivity index (χ1) is 9.57. The molecule has 118 valence electrons. The molecule has 1 rings (SSSR count). The molecule has 0 aliphatic carbocycles. The lowest BCUT2D eigenvalue weighted by atomic mass is 10.4. The summed E-state index contributed by atoms with van der Waals surface area (Å²) in [6.45, 7) is 0. The molecule has 0 saturated carbocycles. The molecule has 0 aliphatic rings. The van der Waals surface area contributed by atoms with E-state index in [0.29, 0.717) is 5.69 Å². The van der Waals surface area contributed by atoms with Crippen molar-refractivity contribution >= 4 is 40.9 Å². The van der Waals surface area contributed by atoms with Crippen LogP contribution < -0.4 is 5.32 Å². The number of carbonyl (C=O) groups excluding carboxylic acids is 1. The number of carbonyl (C=O) groups is 2. The Morgan fingerprint density at radius 3 is 2.24 bits per heavy atom. The first kappa shape index (κ1) is 19.4. The summed E-state index contributed by atoms with van der Waals surface area (Å²) >= 11 is 6.41. The van der Waals surface area contributed by atoms with Crippen molar-refractivity contribution in [3.63, 3.8) is 0 Å². The summed E-state index contributed by atoms with van der Waals surface area (Å²) in [5.74, 6) is -3.64. The van der Waals surface area contributed by atoms with Gasteiger partial charge in [0.15, 0.2) is 0 Å². The summed E-state index contributed by atoms with van der Waals surface area (Å²) in [4.78, 5) is 23.7. The number of aliphatic carboxylic acids is 1. The lowest BCUT2D eigenvalue weighted by molar-refractivity contribution is -0.192. The van der Waals surface area contributed by atoms with Gasteiger partial charge >= 0.3 is 12.1 Å². The van der Waals surface area contributed by atoms with E-state index in [1.165, 1.54) is 18.0 Å². The van der Waals surface area contributed by atoms with Crippen LogP contribution in [0.15, 0.2) is 23.4 Å². The standard InChI is InChI=1S/C8H8ClFN2OS.C2HF3O2/c1-14-6-3-2-5(4-11-6)12-8(13)7(9)10;3-2(4,5)1(6)7/h2-4,7H,1H3,(H,12,13);(H,6,7). The molecule has 5 nitrogen and oxygen atoms in total. The Bertz CT molecular complexity index is 482. The SMILES string of the molecule is CSc1ccc(NC(=O)C(F)Cl)cn1.O=C(O)C(F)(F)F. The van der Waals surface area contributed by atoms with Crippen LogP contribution in [0.2, 0.25) is 0 Å². The second-order valence-electron chi connectivity index (χ2n) is 3.18.